The van der Waals surface area contributed by atoms with E-state index in [2.05, 4.69) is 15.5 Å². The van der Waals surface area contributed by atoms with Crippen LogP contribution in [0, 0.1) is 10.1 Å². The molecule has 1 N–H and O–H groups in total. The third-order valence-electron chi connectivity index (χ3n) is 2.83. The summed E-state index contributed by atoms with van der Waals surface area (Å²) in [4.78, 5) is 21.9. The standard InChI is InChI=1S/C15H16N4O3S/c1-15(2,3)13-17-18-14(23-13)16-12(20)9-6-10-4-7-11(8-5-10)19(21)22/h4-9H,1-3H3,(H,16,18,20). The molecule has 2 rings (SSSR count). The average Bonchev–Trinajstić information content (AvgIpc) is 2.94. The molecule has 0 fully saturated rings. The molecule has 0 saturated carbocycles. The largest absolute Gasteiger partial charge is 0.297 e. The Hall–Kier alpha value is -2.61. The Morgan fingerprint density at radius 3 is 2.43 bits per heavy atom. The number of benzene rings is 1. The van der Waals surface area contributed by atoms with Gasteiger partial charge in [0.15, 0.2) is 0 Å². The highest BCUT2D eigenvalue weighted by molar-refractivity contribution is 7.15. The van der Waals surface area contributed by atoms with Crippen molar-refractivity contribution < 1.29 is 9.72 Å². The summed E-state index contributed by atoms with van der Waals surface area (Å²) in [5.41, 5.74) is 0.587. The van der Waals surface area contributed by atoms with Crippen LogP contribution < -0.4 is 5.32 Å². The van der Waals surface area contributed by atoms with Crippen LogP contribution in [0.5, 0.6) is 0 Å². The van der Waals surface area contributed by atoms with Crippen LogP contribution in [-0.4, -0.2) is 21.0 Å². The molecule has 0 saturated heterocycles. The lowest BCUT2D eigenvalue weighted by atomic mass is 9.98. The fraction of sp³-hybridized carbons (Fsp3) is 0.267. The van der Waals surface area contributed by atoms with Crippen LogP contribution in [0.4, 0.5) is 10.8 Å². The smallest absolute Gasteiger partial charge is 0.269 e. The Labute approximate surface area is 137 Å². The topological polar surface area (TPSA) is 98.0 Å². The number of nitro groups is 1. The number of aromatic nitrogens is 2. The minimum atomic E-state index is -0.470. The molecule has 0 aliphatic rings. The lowest BCUT2D eigenvalue weighted by Crippen LogP contribution is -2.10. The van der Waals surface area contributed by atoms with E-state index in [0.717, 1.165) is 5.01 Å². The molecule has 1 heterocycles. The number of hydrogen-bond acceptors (Lipinski definition) is 6. The molecule has 120 valence electrons. The van der Waals surface area contributed by atoms with Crippen molar-refractivity contribution in [1.82, 2.24) is 10.2 Å². The number of rotatable bonds is 4. The van der Waals surface area contributed by atoms with Gasteiger partial charge in [0, 0.05) is 23.6 Å². The zero-order valence-corrected chi connectivity index (χ0v) is 13.8. The van der Waals surface area contributed by atoms with Crippen molar-refractivity contribution in [1.29, 1.82) is 0 Å². The predicted octanol–water partition coefficient (Wildman–Crippen LogP) is 3.40. The Morgan fingerprint density at radius 2 is 1.91 bits per heavy atom. The predicted molar refractivity (Wildman–Crippen MR) is 89.4 cm³/mol. The molecular formula is C15H16N4O3S. The van der Waals surface area contributed by atoms with E-state index < -0.39 is 4.92 Å². The Balaban J connectivity index is 1.99. The van der Waals surface area contributed by atoms with Crippen LogP contribution in [-0.2, 0) is 10.2 Å². The molecule has 23 heavy (non-hydrogen) atoms. The zero-order valence-electron chi connectivity index (χ0n) is 12.9. The molecule has 1 aromatic carbocycles. The second kappa shape index (κ2) is 6.66. The van der Waals surface area contributed by atoms with Crippen LogP contribution in [0.15, 0.2) is 30.3 Å². The fourth-order valence-electron chi connectivity index (χ4n) is 1.60. The molecule has 1 aromatic heterocycles. The monoisotopic (exact) mass is 332 g/mol. The Kier molecular flexibility index (Phi) is 4.85. The van der Waals surface area contributed by atoms with Crippen LogP contribution in [0.1, 0.15) is 31.3 Å². The molecule has 0 unspecified atom stereocenters. The van der Waals surface area contributed by atoms with Crippen molar-refractivity contribution >= 4 is 34.1 Å². The fourth-order valence-corrected chi connectivity index (χ4v) is 2.41. The van der Waals surface area contributed by atoms with Crippen molar-refractivity contribution in [2.75, 3.05) is 5.32 Å². The van der Waals surface area contributed by atoms with Crippen molar-refractivity contribution in [3.8, 4) is 0 Å². The normalized spacial score (nSPS) is 11.6. The summed E-state index contributed by atoms with van der Waals surface area (Å²) in [6.45, 7) is 6.06. The average molecular weight is 332 g/mol. The van der Waals surface area contributed by atoms with Crippen LogP contribution in [0.25, 0.3) is 6.08 Å². The van der Waals surface area contributed by atoms with Gasteiger partial charge in [0.05, 0.1) is 4.92 Å². The number of carbonyl (C=O) groups excluding carboxylic acids is 1. The van der Waals surface area contributed by atoms with Gasteiger partial charge in [-0.3, -0.25) is 20.2 Å². The number of nitrogens with zero attached hydrogens (tertiary/aromatic N) is 3. The van der Waals surface area contributed by atoms with Gasteiger partial charge in [-0.2, -0.15) is 0 Å². The maximum Gasteiger partial charge on any atom is 0.269 e. The molecule has 1 amide bonds. The van der Waals surface area contributed by atoms with Gasteiger partial charge in [-0.15, -0.1) is 10.2 Å². The molecule has 0 spiro atoms. The number of carbonyl (C=O) groups is 1. The highest BCUT2D eigenvalue weighted by Gasteiger charge is 2.19. The third kappa shape index (κ3) is 4.68. The quantitative estimate of drug-likeness (QED) is 0.525. The highest BCUT2D eigenvalue weighted by atomic mass is 32.1. The zero-order chi connectivity index (χ0) is 17.0. The number of amides is 1. The first-order valence-corrected chi connectivity index (χ1v) is 7.65. The lowest BCUT2D eigenvalue weighted by molar-refractivity contribution is -0.384. The van der Waals surface area contributed by atoms with Crippen LogP contribution >= 0.6 is 11.3 Å². The summed E-state index contributed by atoms with van der Waals surface area (Å²) >= 11 is 1.33. The number of nitrogens with one attached hydrogen (secondary N) is 1. The molecule has 0 atom stereocenters. The summed E-state index contributed by atoms with van der Waals surface area (Å²) in [6, 6.07) is 5.92. The molecule has 0 aliphatic carbocycles. The maximum absolute atomic E-state index is 11.9. The van der Waals surface area contributed by atoms with Gasteiger partial charge in [0.25, 0.3) is 5.69 Å². The summed E-state index contributed by atoms with van der Waals surface area (Å²) in [5, 5.41) is 22.5. The van der Waals surface area contributed by atoms with Gasteiger partial charge in [0.2, 0.25) is 11.0 Å². The van der Waals surface area contributed by atoms with E-state index in [-0.39, 0.29) is 17.0 Å². The van der Waals surface area contributed by atoms with Gasteiger partial charge in [-0.05, 0) is 23.8 Å². The summed E-state index contributed by atoms with van der Waals surface area (Å²) < 4.78 is 0. The van der Waals surface area contributed by atoms with Gasteiger partial charge in [-0.1, -0.05) is 32.1 Å². The van der Waals surface area contributed by atoms with E-state index in [0.29, 0.717) is 10.7 Å². The van der Waals surface area contributed by atoms with Crippen molar-refractivity contribution in [2.45, 2.75) is 26.2 Å². The SMILES string of the molecule is CC(C)(C)c1nnc(NC(=O)C=Cc2ccc([N+](=O)[O-])cc2)s1. The first-order valence-electron chi connectivity index (χ1n) is 6.83. The molecule has 7 nitrogen and oxygen atoms in total. The van der Waals surface area contributed by atoms with E-state index in [4.69, 9.17) is 0 Å². The summed E-state index contributed by atoms with van der Waals surface area (Å²) in [5.74, 6) is -0.333. The molecule has 2 aromatic rings. The first-order chi connectivity index (χ1) is 10.8. The summed E-state index contributed by atoms with van der Waals surface area (Å²) in [6.07, 6.45) is 2.92. The second-order valence-electron chi connectivity index (χ2n) is 5.83. The van der Waals surface area contributed by atoms with Gasteiger partial charge < -0.3 is 0 Å². The van der Waals surface area contributed by atoms with Crippen molar-refractivity contribution in [2.24, 2.45) is 0 Å². The number of non-ortho nitro benzene ring substituents is 1. The molecule has 0 bridgehead atoms. The minimum Gasteiger partial charge on any atom is -0.297 e. The summed E-state index contributed by atoms with van der Waals surface area (Å²) in [7, 11) is 0. The van der Waals surface area contributed by atoms with Crippen molar-refractivity contribution in [3.05, 3.63) is 51.0 Å². The van der Waals surface area contributed by atoms with Gasteiger partial charge in [-0.25, -0.2) is 0 Å². The first kappa shape index (κ1) is 16.8. The number of nitro benzene ring substituents is 1. The Morgan fingerprint density at radius 1 is 1.26 bits per heavy atom. The minimum absolute atomic E-state index is 0.00942. The number of anilines is 1. The molecular weight excluding hydrogens is 316 g/mol. The van der Waals surface area contributed by atoms with E-state index in [1.165, 1.54) is 29.5 Å². The molecule has 0 aliphatic heterocycles. The van der Waals surface area contributed by atoms with E-state index in [1.54, 1.807) is 18.2 Å². The maximum atomic E-state index is 11.9. The van der Waals surface area contributed by atoms with Crippen molar-refractivity contribution in [3.63, 3.8) is 0 Å². The lowest BCUT2D eigenvalue weighted by Gasteiger charge is -2.12. The third-order valence-corrected chi connectivity index (χ3v) is 4.09. The highest BCUT2D eigenvalue weighted by Crippen LogP contribution is 2.27. The Bertz CT molecular complexity index is 745. The number of hydrogen-bond donors (Lipinski definition) is 1. The molecule has 0 radical (unpaired) electrons. The van der Waals surface area contributed by atoms with E-state index in [1.807, 2.05) is 20.8 Å². The van der Waals surface area contributed by atoms with E-state index >= 15 is 0 Å². The van der Waals surface area contributed by atoms with Gasteiger partial charge >= 0.3 is 0 Å². The second-order valence-corrected chi connectivity index (χ2v) is 6.81. The van der Waals surface area contributed by atoms with E-state index in [9.17, 15) is 14.9 Å². The van der Waals surface area contributed by atoms with Crippen LogP contribution in [0.3, 0.4) is 0 Å². The van der Waals surface area contributed by atoms with Crippen LogP contribution in [0.2, 0.25) is 0 Å². The molecule has 8 heteroatoms. The van der Waals surface area contributed by atoms with Gasteiger partial charge in [0.1, 0.15) is 5.01 Å².